The first-order valence-electron chi connectivity index (χ1n) is 10.5. The van der Waals surface area contributed by atoms with E-state index in [1.165, 1.54) is 17.7 Å². The van der Waals surface area contributed by atoms with E-state index in [9.17, 15) is 13.2 Å². The maximum absolute atomic E-state index is 12.7. The number of aromatic amines is 1. The number of alkyl halides is 3. The number of imidazole rings is 1. The first-order valence-corrected chi connectivity index (χ1v) is 10.5. The fourth-order valence-corrected chi connectivity index (χ4v) is 4.07. The third kappa shape index (κ3) is 4.12. The quantitative estimate of drug-likeness (QED) is 0.301. The van der Waals surface area contributed by atoms with E-state index in [0.29, 0.717) is 11.3 Å². The summed E-state index contributed by atoms with van der Waals surface area (Å²) in [5.41, 5.74) is 6.56. The van der Waals surface area contributed by atoms with Gasteiger partial charge < -0.3 is 14.7 Å². The summed E-state index contributed by atoms with van der Waals surface area (Å²) >= 11 is 0. The van der Waals surface area contributed by atoms with Crippen LogP contribution in [0.2, 0.25) is 0 Å². The van der Waals surface area contributed by atoms with Crippen molar-refractivity contribution < 1.29 is 17.6 Å². The number of nitrogens with one attached hydrogen (secondary N) is 2. The zero-order chi connectivity index (χ0) is 24.0. The maximum Gasteiger partial charge on any atom is 0.416 e. The Hall–Kier alpha value is -4.14. The molecular weight excluding hydrogens is 443 g/mol. The Bertz CT molecular complexity index is 1480. The number of anilines is 2. The van der Waals surface area contributed by atoms with Crippen molar-refractivity contribution in [1.29, 1.82) is 0 Å². The molecule has 0 atom stereocenters. The number of aryl methyl sites for hydroxylation is 3. The van der Waals surface area contributed by atoms with Crippen LogP contribution in [0.4, 0.5) is 24.9 Å². The second-order valence-electron chi connectivity index (χ2n) is 8.20. The van der Waals surface area contributed by atoms with Crippen LogP contribution < -0.4 is 5.32 Å². The van der Waals surface area contributed by atoms with Gasteiger partial charge in [0.15, 0.2) is 0 Å². The summed E-state index contributed by atoms with van der Waals surface area (Å²) in [6.07, 6.45) is -4.39. The van der Waals surface area contributed by atoms with E-state index in [1.54, 1.807) is 0 Å². The van der Waals surface area contributed by atoms with Gasteiger partial charge in [-0.3, -0.25) is 0 Å². The molecule has 172 valence electrons. The van der Waals surface area contributed by atoms with Crippen molar-refractivity contribution in [2.24, 2.45) is 0 Å². The highest BCUT2D eigenvalue weighted by Gasteiger charge is 2.30. The topological polar surface area (TPSA) is 79.6 Å². The second kappa shape index (κ2) is 8.02. The monoisotopic (exact) mass is 463 g/mol. The number of benzene rings is 3. The van der Waals surface area contributed by atoms with Gasteiger partial charge in [0, 0.05) is 16.8 Å². The lowest BCUT2D eigenvalue weighted by atomic mass is 9.99. The van der Waals surface area contributed by atoms with E-state index in [0.717, 1.165) is 45.7 Å². The van der Waals surface area contributed by atoms with E-state index in [2.05, 4.69) is 53.4 Å². The zero-order valence-corrected chi connectivity index (χ0v) is 18.6. The number of nitrogens with zero attached hydrogens (tertiary/aromatic N) is 3. The minimum absolute atomic E-state index is 0.0751. The standard InChI is InChI=1S/C25H20F3N5O/c1-13-10-14(2)21(15(3)11-13)22-30-19-9-4-16(12-20(19)31-22)23-32-33-24(34-23)29-18-7-5-17(6-8-18)25(26,27)28/h4-12H,1-3H3,(H,29,33)(H,30,31). The van der Waals surface area contributed by atoms with E-state index >= 15 is 0 Å². The van der Waals surface area contributed by atoms with Crippen molar-refractivity contribution in [3.8, 4) is 22.8 Å². The second-order valence-corrected chi connectivity index (χ2v) is 8.20. The molecule has 5 aromatic rings. The molecule has 9 heteroatoms. The fraction of sp³-hybridized carbons (Fsp3) is 0.160. The molecule has 0 aliphatic carbocycles. The SMILES string of the molecule is Cc1cc(C)c(-c2nc3ccc(-c4nnc(Nc5ccc(C(F)(F)F)cc5)o4)cc3[nH]2)c(C)c1. The molecule has 0 aliphatic rings. The molecule has 0 saturated heterocycles. The van der Waals surface area contributed by atoms with Crippen LogP contribution in [-0.2, 0) is 6.18 Å². The molecule has 0 fully saturated rings. The van der Waals surface area contributed by atoms with Gasteiger partial charge >= 0.3 is 12.2 Å². The molecule has 0 spiro atoms. The number of hydrogen-bond donors (Lipinski definition) is 2. The number of halogens is 3. The van der Waals surface area contributed by atoms with Crippen LogP contribution >= 0.6 is 0 Å². The summed E-state index contributed by atoms with van der Waals surface area (Å²) in [5.74, 6) is 1.06. The Morgan fingerprint density at radius 3 is 2.26 bits per heavy atom. The first-order chi connectivity index (χ1) is 16.2. The average Bonchev–Trinajstić information content (AvgIpc) is 3.39. The molecule has 0 radical (unpaired) electrons. The molecule has 3 aromatic carbocycles. The maximum atomic E-state index is 12.7. The van der Waals surface area contributed by atoms with Crippen LogP contribution in [0.5, 0.6) is 0 Å². The minimum Gasteiger partial charge on any atom is -0.403 e. The van der Waals surface area contributed by atoms with Crippen molar-refractivity contribution in [2.75, 3.05) is 5.32 Å². The van der Waals surface area contributed by atoms with Gasteiger partial charge in [-0.05, 0) is 74.4 Å². The highest BCUT2D eigenvalue weighted by Crippen LogP contribution is 2.32. The Morgan fingerprint density at radius 2 is 1.59 bits per heavy atom. The molecule has 2 N–H and O–H groups in total. The smallest absolute Gasteiger partial charge is 0.403 e. The summed E-state index contributed by atoms with van der Waals surface area (Å²) in [4.78, 5) is 8.12. The number of fused-ring (bicyclic) bond motifs is 1. The van der Waals surface area contributed by atoms with Crippen LogP contribution in [0, 0.1) is 20.8 Å². The summed E-state index contributed by atoms with van der Waals surface area (Å²) in [5, 5.41) is 10.8. The molecule has 0 amide bonds. The Kier molecular flexibility index (Phi) is 5.11. The van der Waals surface area contributed by atoms with Crippen molar-refractivity contribution in [3.05, 3.63) is 76.9 Å². The minimum atomic E-state index is -4.39. The van der Waals surface area contributed by atoms with Gasteiger partial charge in [0.05, 0.1) is 16.6 Å². The van der Waals surface area contributed by atoms with Crippen molar-refractivity contribution >= 4 is 22.7 Å². The lowest BCUT2D eigenvalue weighted by molar-refractivity contribution is -0.137. The van der Waals surface area contributed by atoms with E-state index < -0.39 is 11.7 Å². The lowest BCUT2D eigenvalue weighted by Gasteiger charge is -2.08. The van der Waals surface area contributed by atoms with E-state index in [-0.39, 0.29) is 11.9 Å². The Morgan fingerprint density at radius 1 is 0.882 bits per heavy atom. The van der Waals surface area contributed by atoms with Crippen molar-refractivity contribution in [1.82, 2.24) is 20.2 Å². The van der Waals surface area contributed by atoms with Gasteiger partial charge in [0.2, 0.25) is 5.89 Å². The van der Waals surface area contributed by atoms with E-state index in [4.69, 9.17) is 9.40 Å². The fourth-order valence-electron chi connectivity index (χ4n) is 4.07. The van der Waals surface area contributed by atoms with Crippen LogP contribution in [-0.4, -0.2) is 20.2 Å². The summed E-state index contributed by atoms with van der Waals surface area (Å²) < 4.78 is 43.9. The number of rotatable bonds is 4. The molecule has 6 nitrogen and oxygen atoms in total. The molecule has 5 rings (SSSR count). The molecule has 0 aliphatic heterocycles. The van der Waals surface area contributed by atoms with Crippen molar-refractivity contribution in [2.45, 2.75) is 26.9 Å². The van der Waals surface area contributed by atoms with Gasteiger partial charge in [0.25, 0.3) is 0 Å². The molecular formula is C25H20F3N5O. The molecule has 2 heterocycles. The van der Waals surface area contributed by atoms with Gasteiger partial charge in [-0.15, -0.1) is 5.10 Å². The summed E-state index contributed by atoms with van der Waals surface area (Å²) in [6, 6.07) is 14.5. The molecule has 0 bridgehead atoms. The van der Waals surface area contributed by atoms with Crippen LogP contribution in [0.25, 0.3) is 33.9 Å². The summed E-state index contributed by atoms with van der Waals surface area (Å²) in [7, 11) is 0. The summed E-state index contributed by atoms with van der Waals surface area (Å²) in [6.45, 7) is 6.20. The first kappa shape index (κ1) is 21.7. The van der Waals surface area contributed by atoms with Gasteiger partial charge in [0.1, 0.15) is 5.82 Å². The molecule has 34 heavy (non-hydrogen) atoms. The van der Waals surface area contributed by atoms with Gasteiger partial charge in [-0.2, -0.15) is 13.2 Å². The molecule has 0 unspecified atom stereocenters. The predicted octanol–water partition coefficient (Wildman–Crippen LogP) is 6.97. The number of hydrogen-bond acceptors (Lipinski definition) is 5. The Balaban J connectivity index is 1.40. The molecule has 0 saturated carbocycles. The van der Waals surface area contributed by atoms with Crippen LogP contribution in [0.1, 0.15) is 22.3 Å². The molecule has 2 aromatic heterocycles. The van der Waals surface area contributed by atoms with Crippen LogP contribution in [0.15, 0.2) is 59.0 Å². The van der Waals surface area contributed by atoms with E-state index in [1.807, 2.05) is 18.2 Å². The van der Waals surface area contributed by atoms with Gasteiger partial charge in [-0.25, -0.2) is 4.98 Å². The average molecular weight is 463 g/mol. The largest absolute Gasteiger partial charge is 0.416 e. The highest BCUT2D eigenvalue weighted by atomic mass is 19.4. The normalized spacial score (nSPS) is 11.8. The number of H-pyrrole nitrogens is 1. The predicted molar refractivity (Wildman–Crippen MR) is 124 cm³/mol. The third-order valence-electron chi connectivity index (χ3n) is 5.53. The Labute approximate surface area is 192 Å². The highest BCUT2D eigenvalue weighted by molar-refractivity contribution is 5.84. The number of aromatic nitrogens is 4. The third-order valence-corrected chi connectivity index (χ3v) is 5.53. The van der Waals surface area contributed by atoms with Crippen molar-refractivity contribution in [3.63, 3.8) is 0 Å². The van der Waals surface area contributed by atoms with Crippen LogP contribution in [0.3, 0.4) is 0 Å². The zero-order valence-electron chi connectivity index (χ0n) is 18.6. The van der Waals surface area contributed by atoms with Gasteiger partial charge in [-0.1, -0.05) is 22.8 Å². The lowest BCUT2D eigenvalue weighted by Crippen LogP contribution is -2.04.